The zero-order chi connectivity index (χ0) is 13.5. The van der Waals surface area contributed by atoms with Gasteiger partial charge in [0, 0.05) is 19.5 Å². The van der Waals surface area contributed by atoms with Crippen molar-refractivity contribution in [2.45, 2.75) is 45.6 Å². The van der Waals surface area contributed by atoms with Crippen molar-refractivity contribution in [1.82, 2.24) is 4.90 Å². The number of hydrogen-bond donors (Lipinski definition) is 1. The first-order valence-electron chi connectivity index (χ1n) is 5.72. The van der Waals surface area contributed by atoms with Crippen LogP contribution in [0.5, 0.6) is 0 Å². The van der Waals surface area contributed by atoms with E-state index in [4.69, 9.17) is 10.5 Å². The minimum Gasteiger partial charge on any atom is -0.444 e. The Morgan fingerprint density at radius 2 is 1.94 bits per heavy atom. The monoisotopic (exact) mass is 252 g/mol. The summed E-state index contributed by atoms with van der Waals surface area (Å²) in [7, 11) is 0. The SMILES string of the molecule is CC(C)(C)OC(=O)N(CCCN)CCC(F)F. The van der Waals surface area contributed by atoms with E-state index in [0.717, 1.165) is 0 Å². The molecule has 0 atom stereocenters. The quantitative estimate of drug-likeness (QED) is 0.788. The molecule has 6 heteroatoms. The largest absolute Gasteiger partial charge is 0.444 e. The summed E-state index contributed by atoms with van der Waals surface area (Å²) in [5.41, 5.74) is 4.71. The summed E-state index contributed by atoms with van der Waals surface area (Å²) in [4.78, 5) is 13.0. The Morgan fingerprint density at radius 3 is 2.35 bits per heavy atom. The van der Waals surface area contributed by atoms with E-state index in [-0.39, 0.29) is 13.0 Å². The highest BCUT2D eigenvalue weighted by atomic mass is 19.3. The van der Waals surface area contributed by atoms with Crippen LogP contribution in [0.3, 0.4) is 0 Å². The van der Waals surface area contributed by atoms with Crippen LogP contribution in [0.1, 0.15) is 33.6 Å². The lowest BCUT2D eigenvalue weighted by molar-refractivity contribution is 0.0209. The Labute approximate surface area is 101 Å². The van der Waals surface area contributed by atoms with Gasteiger partial charge in [0.05, 0.1) is 0 Å². The third kappa shape index (κ3) is 8.85. The molecule has 0 heterocycles. The van der Waals surface area contributed by atoms with Crippen LogP contribution in [-0.2, 0) is 4.74 Å². The minimum atomic E-state index is -2.42. The van der Waals surface area contributed by atoms with Crippen LogP contribution < -0.4 is 5.73 Å². The van der Waals surface area contributed by atoms with Crippen LogP contribution in [0.4, 0.5) is 13.6 Å². The Bertz CT molecular complexity index is 230. The van der Waals surface area contributed by atoms with Gasteiger partial charge in [-0.3, -0.25) is 0 Å². The van der Waals surface area contributed by atoms with Gasteiger partial charge in [0.2, 0.25) is 6.43 Å². The smallest absolute Gasteiger partial charge is 0.410 e. The van der Waals surface area contributed by atoms with Gasteiger partial charge >= 0.3 is 6.09 Å². The Hall–Kier alpha value is -0.910. The fourth-order valence-electron chi connectivity index (χ4n) is 1.16. The molecule has 102 valence electrons. The van der Waals surface area contributed by atoms with Crippen LogP contribution in [0.2, 0.25) is 0 Å². The van der Waals surface area contributed by atoms with Crippen molar-refractivity contribution in [2.75, 3.05) is 19.6 Å². The van der Waals surface area contributed by atoms with Gasteiger partial charge in [-0.1, -0.05) is 0 Å². The molecule has 0 aliphatic heterocycles. The number of alkyl halides is 2. The Morgan fingerprint density at radius 1 is 1.35 bits per heavy atom. The van der Waals surface area contributed by atoms with Gasteiger partial charge in [-0.15, -0.1) is 0 Å². The average Bonchev–Trinajstić information content (AvgIpc) is 2.14. The fraction of sp³-hybridized carbons (Fsp3) is 0.909. The topological polar surface area (TPSA) is 55.6 Å². The molecule has 0 fully saturated rings. The molecular weight excluding hydrogens is 230 g/mol. The van der Waals surface area contributed by atoms with E-state index in [1.807, 2.05) is 0 Å². The van der Waals surface area contributed by atoms with Crippen molar-refractivity contribution in [3.8, 4) is 0 Å². The molecule has 0 saturated heterocycles. The fourth-order valence-corrected chi connectivity index (χ4v) is 1.16. The summed E-state index contributed by atoms with van der Waals surface area (Å²) >= 11 is 0. The van der Waals surface area contributed by atoms with E-state index >= 15 is 0 Å². The number of halogens is 2. The van der Waals surface area contributed by atoms with Crippen LogP contribution in [0, 0.1) is 0 Å². The standard InChI is InChI=1S/C11H22F2N2O2/c1-11(2,3)17-10(16)15(7-4-6-14)8-5-9(12)13/h9H,4-8,14H2,1-3H3. The van der Waals surface area contributed by atoms with E-state index in [1.54, 1.807) is 20.8 Å². The number of carbonyl (C=O) groups is 1. The maximum atomic E-state index is 12.1. The van der Waals surface area contributed by atoms with Crippen LogP contribution in [0.15, 0.2) is 0 Å². The predicted molar refractivity (Wildman–Crippen MR) is 62.1 cm³/mol. The molecule has 0 bridgehead atoms. The van der Waals surface area contributed by atoms with E-state index in [9.17, 15) is 13.6 Å². The second kappa shape index (κ2) is 7.42. The van der Waals surface area contributed by atoms with E-state index in [0.29, 0.717) is 19.5 Å². The number of hydrogen-bond acceptors (Lipinski definition) is 3. The van der Waals surface area contributed by atoms with Crippen molar-refractivity contribution in [2.24, 2.45) is 5.73 Å². The first-order valence-corrected chi connectivity index (χ1v) is 5.72. The molecule has 0 aliphatic rings. The molecular formula is C11H22F2N2O2. The van der Waals surface area contributed by atoms with Crippen LogP contribution in [-0.4, -0.2) is 42.7 Å². The van der Waals surface area contributed by atoms with Gasteiger partial charge in [0.15, 0.2) is 0 Å². The first kappa shape index (κ1) is 16.1. The number of nitrogens with two attached hydrogens (primary N) is 1. The van der Waals surface area contributed by atoms with Crippen molar-refractivity contribution >= 4 is 6.09 Å². The van der Waals surface area contributed by atoms with Crippen molar-refractivity contribution in [3.63, 3.8) is 0 Å². The number of rotatable bonds is 6. The molecule has 0 aromatic heterocycles. The molecule has 0 aromatic carbocycles. The third-order valence-corrected chi connectivity index (χ3v) is 1.90. The molecule has 0 spiro atoms. The molecule has 0 aliphatic carbocycles. The first-order chi connectivity index (χ1) is 7.76. The summed E-state index contributed by atoms with van der Waals surface area (Å²) in [6, 6.07) is 0. The normalized spacial score (nSPS) is 11.7. The summed E-state index contributed by atoms with van der Waals surface area (Å²) in [5, 5.41) is 0. The lowest BCUT2D eigenvalue weighted by atomic mass is 10.2. The highest BCUT2D eigenvalue weighted by molar-refractivity contribution is 5.68. The number of amides is 1. The van der Waals surface area contributed by atoms with E-state index in [2.05, 4.69) is 0 Å². The lowest BCUT2D eigenvalue weighted by Crippen LogP contribution is -2.39. The molecule has 2 N–H and O–H groups in total. The average molecular weight is 252 g/mol. The zero-order valence-corrected chi connectivity index (χ0v) is 10.7. The molecule has 0 unspecified atom stereocenters. The summed E-state index contributed by atoms with van der Waals surface area (Å²) in [6.07, 6.45) is -2.75. The van der Waals surface area contributed by atoms with Crippen molar-refractivity contribution in [1.29, 1.82) is 0 Å². The lowest BCUT2D eigenvalue weighted by Gasteiger charge is -2.27. The summed E-state index contributed by atoms with van der Waals surface area (Å²) in [5.74, 6) is 0. The van der Waals surface area contributed by atoms with Gasteiger partial charge in [-0.2, -0.15) is 0 Å². The van der Waals surface area contributed by atoms with Gasteiger partial charge in [-0.05, 0) is 33.7 Å². The molecule has 1 amide bonds. The van der Waals surface area contributed by atoms with Gasteiger partial charge in [-0.25, -0.2) is 13.6 Å². The second-order valence-corrected chi connectivity index (χ2v) is 4.79. The second-order valence-electron chi connectivity index (χ2n) is 4.79. The van der Waals surface area contributed by atoms with Gasteiger partial charge in [0.1, 0.15) is 5.60 Å². The predicted octanol–water partition coefficient (Wildman–Crippen LogP) is 2.23. The summed E-state index contributed by atoms with van der Waals surface area (Å²) in [6.45, 7) is 5.95. The van der Waals surface area contributed by atoms with E-state index in [1.165, 1.54) is 4.90 Å². The highest BCUT2D eigenvalue weighted by Gasteiger charge is 2.22. The number of nitrogens with zero attached hydrogens (tertiary/aromatic N) is 1. The molecule has 0 aromatic rings. The highest BCUT2D eigenvalue weighted by Crippen LogP contribution is 2.11. The molecule has 0 rings (SSSR count). The molecule has 0 radical (unpaired) electrons. The molecule has 17 heavy (non-hydrogen) atoms. The molecule has 0 saturated carbocycles. The minimum absolute atomic E-state index is 0.00736. The van der Waals surface area contributed by atoms with Crippen molar-refractivity contribution < 1.29 is 18.3 Å². The van der Waals surface area contributed by atoms with Crippen molar-refractivity contribution in [3.05, 3.63) is 0 Å². The number of carbonyl (C=O) groups excluding carboxylic acids is 1. The van der Waals surface area contributed by atoms with E-state index < -0.39 is 18.1 Å². The van der Waals surface area contributed by atoms with Gasteiger partial charge in [0.25, 0.3) is 0 Å². The van der Waals surface area contributed by atoms with Crippen LogP contribution in [0.25, 0.3) is 0 Å². The summed E-state index contributed by atoms with van der Waals surface area (Å²) < 4.78 is 29.4. The Kier molecular flexibility index (Phi) is 7.03. The molecule has 4 nitrogen and oxygen atoms in total. The maximum absolute atomic E-state index is 12.1. The third-order valence-electron chi connectivity index (χ3n) is 1.90. The number of ether oxygens (including phenoxy) is 1. The maximum Gasteiger partial charge on any atom is 0.410 e. The zero-order valence-electron chi connectivity index (χ0n) is 10.7. The van der Waals surface area contributed by atoms with Gasteiger partial charge < -0.3 is 15.4 Å². The Balaban J connectivity index is 4.29. The van der Waals surface area contributed by atoms with Crippen LogP contribution >= 0.6 is 0 Å².